The summed E-state index contributed by atoms with van der Waals surface area (Å²) in [5.74, 6) is 0.0116. The minimum atomic E-state index is -3.58. The first kappa shape index (κ1) is 13.9. The number of hydrogen-bond acceptors (Lipinski definition) is 5. The van der Waals surface area contributed by atoms with Crippen molar-refractivity contribution in [1.29, 1.82) is 0 Å². The lowest BCUT2D eigenvalue weighted by Crippen LogP contribution is -2.38. The average Bonchev–Trinajstić information content (AvgIpc) is 2.55. The normalized spacial score (nSPS) is 14.2. The molecule has 0 saturated heterocycles. The van der Waals surface area contributed by atoms with E-state index in [2.05, 4.69) is 9.82 Å². The number of likely N-dealkylation sites (N-methyl/N-ethyl adjacent to an activating group) is 1. The fraction of sp³-hybridized carbons (Fsp3) is 0.667. The van der Waals surface area contributed by atoms with E-state index in [4.69, 9.17) is 5.73 Å². The van der Waals surface area contributed by atoms with Crippen molar-refractivity contribution in [3.05, 3.63) is 6.20 Å². The van der Waals surface area contributed by atoms with Crippen LogP contribution in [0.25, 0.3) is 0 Å². The van der Waals surface area contributed by atoms with Crippen molar-refractivity contribution in [3.8, 4) is 0 Å². The summed E-state index contributed by atoms with van der Waals surface area (Å²) in [6.07, 6.45) is 1.39. The maximum Gasteiger partial charge on any atom is 0.245 e. The second-order valence-electron chi connectivity index (χ2n) is 4.22. The third-order valence-corrected chi connectivity index (χ3v) is 4.00. The molecule has 0 aliphatic heterocycles. The van der Waals surface area contributed by atoms with Gasteiger partial charge in [0.15, 0.2) is 5.82 Å². The number of nitrogen functional groups attached to an aromatic ring is 1. The summed E-state index contributed by atoms with van der Waals surface area (Å²) in [7, 11) is 1.81. The van der Waals surface area contributed by atoms with Crippen molar-refractivity contribution in [3.63, 3.8) is 0 Å². The van der Waals surface area contributed by atoms with Gasteiger partial charge >= 0.3 is 0 Å². The summed E-state index contributed by atoms with van der Waals surface area (Å²) in [4.78, 5) is 1.95. The standard InChI is InChI=1S/C9H19N5O2S/c1-7(13(2)3)5-11-17(15,16)8-6-14(4)12-9(8)10/h6-7,11H,5H2,1-4H3,(H2,10,12). The van der Waals surface area contributed by atoms with E-state index in [0.29, 0.717) is 6.54 Å². The molecule has 1 rings (SSSR count). The molecule has 17 heavy (non-hydrogen) atoms. The fourth-order valence-corrected chi connectivity index (χ4v) is 2.41. The van der Waals surface area contributed by atoms with Gasteiger partial charge in [-0.15, -0.1) is 0 Å². The zero-order valence-corrected chi connectivity index (χ0v) is 11.3. The number of sulfonamides is 1. The molecule has 0 saturated carbocycles. The van der Waals surface area contributed by atoms with Crippen LogP contribution in [0.15, 0.2) is 11.1 Å². The third kappa shape index (κ3) is 3.42. The van der Waals surface area contributed by atoms with Gasteiger partial charge in [-0.05, 0) is 21.0 Å². The summed E-state index contributed by atoms with van der Waals surface area (Å²) in [5.41, 5.74) is 5.53. The fourth-order valence-electron chi connectivity index (χ4n) is 1.18. The molecule has 3 N–H and O–H groups in total. The molecule has 0 amide bonds. The molecule has 1 aromatic rings. The van der Waals surface area contributed by atoms with Gasteiger partial charge in [0.05, 0.1) is 0 Å². The number of nitrogens with two attached hydrogens (primary N) is 1. The molecular formula is C9H19N5O2S. The van der Waals surface area contributed by atoms with E-state index in [1.807, 2.05) is 25.9 Å². The van der Waals surface area contributed by atoms with Crippen molar-refractivity contribution < 1.29 is 8.42 Å². The van der Waals surface area contributed by atoms with Crippen molar-refractivity contribution in [2.45, 2.75) is 17.9 Å². The molecular weight excluding hydrogens is 242 g/mol. The highest BCUT2D eigenvalue weighted by molar-refractivity contribution is 7.89. The van der Waals surface area contributed by atoms with Gasteiger partial charge in [0, 0.05) is 25.8 Å². The van der Waals surface area contributed by atoms with Crippen LogP contribution < -0.4 is 10.5 Å². The number of hydrogen-bond donors (Lipinski definition) is 2. The van der Waals surface area contributed by atoms with Crippen LogP contribution in [0.5, 0.6) is 0 Å². The highest BCUT2D eigenvalue weighted by atomic mass is 32.2. The van der Waals surface area contributed by atoms with Crippen LogP contribution in [0.2, 0.25) is 0 Å². The van der Waals surface area contributed by atoms with Crippen LogP contribution in [0.1, 0.15) is 6.92 Å². The minimum Gasteiger partial charge on any atom is -0.381 e. The van der Waals surface area contributed by atoms with E-state index >= 15 is 0 Å². The smallest absolute Gasteiger partial charge is 0.245 e. The van der Waals surface area contributed by atoms with Crippen molar-refractivity contribution in [2.75, 3.05) is 26.4 Å². The van der Waals surface area contributed by atoms with Gasteiger partial charge in [-0.3, -0.25) is 4.68 Å². The Hall–Kier alpha value is -1.12. The van der Waals surface area contributed by atoms with Gasteiger partial charge in [0.25, 0.3) is 0 Å². The Balaban J connectivity index is 2.80. The van der Waals surface area contributed by atoms with Crippen molar-refractivity contribution in [1.82, 2.24) is 19.4 Å². The summed E-state index contributed by atoms with van der Waals surface area (Å²) in [5, 5.41) is 3.80. The molecule has 1 atom stereocenters. The van der Waals surface area contributed by atoms with Crippen molar-refractivity contribution in [2.24, 2.45) is 7.05 Å². The molecule has 1 unspecified atom stereocenters. The van der Waals surface area contributed by atoms with Crippen LogP contribution in [0, 0.1) is 0 Å². The van der Waals surface area contributed by atoms with Crippen LogP contribution >= 0.6 is 0 Å². The van der Waals surface area contributed by atoms with E-state index < -0.39 is 10.0 Å². The van der Waals surface area contributed by atoms with Gasteiger partial charge in [-0.1, -0.05) is 0 Å². The summed E-state index contributed by atoms with van der Waals surface area (Å²) in [6.45, 7) is 2.25. The molecule has 1 aromatic heterocycles. The lowest BCUT2D eigenvalue weighted by Gasteiger charge is -2.19. The van der Waals surface area contributed by atoms with E-state index in [1.54, 1.807) is 7.05 Å². The van der Waals surface area contributed by atoms with Crippen LogP contribution in [0.4, 0.5) is 5.82 Å². The summed E-state index contributed by atoms with van der Waals surface area (Å²) < 4.78 is 27.7. The molecule has 1 heterocycles. The molecule has 0 aliphatic carbocycles. The topological polar surface area (TPSA) is 93.2 Å². The SMILES string of the molecule is CC(CNS(=O)(=O)c1cn(C)nc1N)N(C)C. The quantitative estimate of drug-likeness (QED) is 0.726. The number of rotatable bonds is 5. The first-order valence-corrected chi connectivity index (χ1v) is 6.67. The predicted octanol–water partition coefficient (Wildman–Crippen LogP) is -0.769. The maximum absolute atomic E-state index is 11.9. The average molecular weight is 261 g/mol. The Kier molecular flexibility index (Phi) is 4.12. The largest absolute Gasteiger partial charge is 0.381 e. The maximum atomic E-state index is 11.9. The molecule has 98 valence electrons. The first-order chi connectivity index (χ1) is 7.74. The Bertz CT molecular complexity index is 480. The lowest BCUT2D eigenvalue weighted by molar-refractivity contribution is 0.314. The van der Waals surface area contributed by atoms with Gasteiger partial charge < -0.3 is 10.6 Å². The molecule has 7 nitrogen and oxygen atoms in total. The lowest BCUT2D eigenvalue weighted by atomic mass is 10.3. The number of aryl methyl sites for hydroxylation is 1. The number of nitrogens with one attached hydrogen (secondary N) is 1. The van der Waals surface area contributed by atoms with Gasteiger partial charge in [0.1, 0.15) is 4.90 Å². The Labute approximate surface area is 102 Å². The molecule has 0 aromatic carbocycles. The second kappa shape index (κ2) is 5.03. The molecule has 0 spiro atoms. The number of anilines is 1. The molecule has 0 radical (unpaired) electrons. The van der Waals surface area contributed by atoms with Gasteiger partial charge in [-0.2, -0.15) is 5.10 Å². The molecule has 0 fully saturated rings. The number of nitrogens with zero attached hydrogens (tertiary/aromatic N) is 3. The zero-order chi connectivity index (χ0) is 13.2. The molecule has 0 aliphatic rings. The molecule has 0 bridgehead atoms. The summed E-state index contributed by atoms with van der Waals surface area (Å²) >= 11 is 0. The predicted molar refractivity (Wildman–Crippen MR) is 66.0 cm³/mol. The minimum absolute atomic E-state index is 0.0116. The van der Waals surface area contributed by atoms with Crippen molar-refractivity contribution >= 4 is 15.8 Å². The number of aromatic nitrogens is 2. The van der Waals surface area contributed by atoms with Crippen LogP contribution in [-0.4, -0.2) is 49.8 Å². The Morgan fingerprint density at radius 2 is 2.18 bits per heavy atom. The van der Waals surface area contributed by atoms with Gasteiger partial charge in [0.2, 0.25) is 10.0 Å². The van der Waals surface area contributed by atoms with E-state index in [1.165, 1.54) is 10.9 Å². The van der Waals surface area contributed by atoms with E-state index in [0.717, 1.165) is 0 Å². The Morgan fingerprint density at radius 3 is 2.59 bits per heavy atom. The third-order valence-electron chi connectivity index (χ3n) is 2.56. The highest BCUT2D eigenvalue weighted by Crippen LogP contribution is 2.14. The monoisotopic (exact) mass is 261 g/mol. The van der Waals surface area contributed by atoms with E-state index in [-0.39, 0.29) is 16.8 Å². The molecule has 8 heteroatoms. The zero-order valence-electron chi connectivity index (χ0n) is 10.5. The first-order valence-electron chi connectivity index (χ1n) is 5.19. The van der Waals surface area contributed by atoms with Gasteiger partial charge in [-0.25, -0.2) is 13.1 Å². The second-order valence-corrected chi connectivity index (χ2v) is 5.95. The van der Waals surface area contributed by atoms with Crippen LogP contribution in [0.3, 0.4) is 0 Å². The highest BCUT2D eigenvalue weighted by Gasteiger charge is 2.21. The summed E-state index contributed by atoms with van der Waals surface area (Å²) in [6, 6.07) is 0.0997. The van der Waals surface area contributed by atoms with Crippen LogP contribution in [-0.2, 0) is 17.1 Å². The Morgan fingerprint density at radius 1 is 1.59 bits per heavy atom. The van der Waals surface area contributed by atoms with E-state index in [9.17, 15) is 8.42 Å².